The number of rotatable bonds is 7. The molecule has 0 aliphatic heterocycles. The standard InChI is InChI=1S/C12H11N7O6S3.2Na/c1-6-10(15-17-12-16-14-5-26-12)11(13)19(18-6)8-4-7(27-25-24-20)2-3-9(8)28(21,22)23;;/h2-5,20H,13H2,1H3,(H,21,22,23);;/q;2*+1/p-2. The molecule has 0 aliphatic carbocycles. The molecule has 0 aliphatic rings. The number of aryl methyl sites for hydroxylation is 1. The fourth-order valence-corrected chi connectivity index (χ4v) is 3.52. The van der Waals surface area contributed by atoms with Gasteiger partial charge in [0.05, 0.1) is 28.3 Å². The van der Waals surface area contributed by atoms with E-state index in [1.807, 2.05) is 0 Å². The minimum Gasteiger partial charge on any atom is -0.744 e. The molecule has 0 fully saturated rings. The normalized spacial score (nSPS) is 11.3. The van der Waals surface area contributed by atoms with Gasteiger partial charge in [-0.05, 0) is 25.1 Å². The van der Waals surface area contributed by atoms with Crippen LogP contribution < -0.4 is 70.1 Å². The predicted octanol–water partition coefficient (Wildman–Crippen LogP) is -4.83. The first-order chi connectivity index (χ1) is 13.3. The number of nitrogens with zero attached hydrogens (tertiary/aromatic N) is 6. The third-order valence-electron chi connectivity index (χ3n) is 3.23. The van der Waals surface area contributed by atoms with Gasteiger partial charge in [-0.3, -0.25) is 5.04 Å². The van der Waals surface area contributed by atoms with Crippen LogP contribution in [0.2, 0.25) is 0 Å². The number of hydrogen-bond donors (Lipinski definition) is 1. The zero-order chi connectivity index (χ0) is 20.3. The van der Waals surface area contributed by atoms with Gasteiger partial charge in [0.25, 0.3) is 5.13 Å². The monoisotopic (exact) mass is 489 g/mol. The molecule has 0 atom stereocenters. The van der Waals surface area contributed by atoms with E-state index in [9.17, 15) is 18.2 Å². The van der Waals surface area contributed by atoms with Gasteiger partial charge in [-0.15, -0.1) is 20.4 Å². The summed E-state index contributed by atoms with van der Waals surface area (Å²) in [5.41, 5.74) is 7.82. The van der Waals surface area contributed by atoms with Crippen molar-refractivity contribution >= 4 is 50.1 Å². The van der Waals surface area contributed by atoms with Crippen LogP contribution in [0.1, 0.15) is 5.69 Å². The van der Waals surface area contributed by atoms with Crippen molar-refractivity contribution in [1.29, 1.82) is 0 Å². The van der Waals surface area contributed by atoms with E-state index >= 15 is 0 Å². The van der Waals surface area contributed by atoms with Crippen LogP contribution in [0, 0.1) is 6.92 Å². The SMILES string of the molecule is Cc1nn(-c2cc(SOO[O-])ccc2S(=O)(=O)[O-])c(N)c1N=Nc1nncs1.[Na+].[Na+]. The summed E-state index contributed by atoms with van der Waals surface area (Å²) < 4.78 is 40.1. The Morgan fingerprint density at radius 2 is 2.03 bits per heavy atom. The Labute approximate surface area is 222 Å². The average Bonchev–Trinajstić information content (AvgIpc) is 3.25. The first kappa shape index (κ1) is 27.6. The van der Waals surface area contributed by atoms with Crippen LogP contribution in [0.4, 0.5) is 16.6 Å². The van der Waals surface area contributed by atoms with E-state index in [2.05, 4.69) is 34.9 Å². The van der Waals surface area contributed by atoms with Crippen LogP contribution in [-0.2, 0) is 19.5 Å². The zero-order valence-electron chi connectivity index (χ0n) is 15.7. The number of anilines is 1. The third-order valence-corrected chi connectivity index (χ3v) is 5.26. The van der Waals surface area contributed by atoms with E-state index in [0.717, 1.165) is 22.1 Å². The second-order valence-corrected chi connectivity index (χ2v) is 7.89. The molecule has 13 nitrogen and oxygen atoms in total. The number of azo groups is 1. The molecule has 2 aromatic heterocycles. The van der Waals surface area contributed by atoms with E-state index in [-0.39, 0.29) is 86.3 Å². The first-order valence-electron chi connectivity index (χ1n) is 7.07. The molecule has 148 valence electrons. The Kier molecular flexibility index (Phi) is 11.0. The number of benzene rings is 1. The molecule has 0 spiro atoms. The van der Waals surface area contributed by atoms with Crippen molar-refractivity contribution in [3.63, 3.8) is 0 Å². The van der Waals surface area contributed by atoms with Crippen LogP contribution in [-0.4, -0.2) is 32.9 Å². The molecule has 18 heteroatoms. The molecule has 3 rings (SSSR count). The van der Waals surface area contributed by atoms with Gasteiger partial charge in [0.2, 0.25) is 0 Å². The summed E-state index contributed by atoms with van der Waals surface area (Å²) in [7, 11) is -4.87. The van der Waals surface area contributed by atoms with Gasteiger partial charge in [-0.25, -0.2) is 13.1 Å². The maximum Gasteiger partial charge on any atom is 1.00 e. The summed E-state index contributed by atoms with van der Waals surface area (Å²) in [6.45, 7) is 1.57. The Hall–Kier alpha value is -0.470. The summed E-state index contributed by atoms with van der Waals surface area (Å²) in [6.07, 6.45) is 0. The minimum absolute atomic E-state index is 0. The number of nitrogen functional groups attached to an aromatic ring is 1. The molecule has 0 unspecified atom stereocenters. The largest absolute Gasteiger partial charge is 1.00 e. The number of aromatic nitrogens is 4. The molecule has 2 heterocycles. The topological polar surface area (TPSA) is 193 Å². The fourth-order valence-electron chi connectivity index (χ4n) is 2.13. The summed E-state index contributed by atoms with van der Waals surface area (Å²) in [5.74, 6) is -0.0705. The molecular formula is C12H9N7Na2O6S3. The smallest absolute Gasteiger partial charge is 0.744 e. The molecule has 0 saturated carbocycles. The van der Waals surface area contributed by atoms with Crippen molar-refractivity contribution in [2.75, 3.05) is 5.73 Å². The Balaban J connectivity index is 0.00000225. The molecule has 0 saturated heterocycles. The van der Waals surface area contributed by atoms with Crippen LogP contribution in [0.25, 0.3) is 5.69 Å². The molecule has 0 bridgehead atoms. The van der Waals surface area contributed by atoms with Crippen LogP contribution in [0.5, 0.6) is 0 Å². The number of nitrogens with two attached hydrogens (primary N) is 1. The van der Waals surface area contributed by atoms with Crippen molar-refractivity contribution in [2.45, 2.75) is 16.7 Å². The molecule has 2 N–H and O–H groups in total. The van der Waals surface area contributed by atoms with Crippen molar-refractivity contribution in [3.05, 3.63) is 29.4 Å². The predicted molar refractivity (Wildman–Crippen MR) is 92.8 cm³/mol. The quantitative estimate of drug-likeness (QED) is 0.0835. The fraction of sp³-hybridized carbons (Fsp3) is 0.0833. The van der Waals surface area contributed by atoms with Crippen molar-refractivity contribution in [3.8, 4) is 5.69 Å². The van der Waals surface area contributed by atoms with Gasteiger partial charge in [0.1, 0.15) is 15.6 Å². The van der Waals surface area contributed by atoms with Crippen molar-refractivity contribution < 1.29 is 86.7 Å². The van der Waals surface area contributed by atoms with Gasteiger partial charge in [0, 0.05) is 4.90 Å². The molecule has 30 heavy (non-hydrogen) atoms. The second kappa shape index (κ2) is 12.0. The van der Waals surface area contributed by atoms with Gasteiger partial charge in [-0.2, -0.15) is 9.43 Å². The number of hydrogen-bond acceptors (Lipinski definition) is 14. The summed E-state index contributed by atoms with van der Waals surface area (Å²) in [4.78, 5) is -0.329. The Morgan fingerprint density at radius 1 is 1.30 bits per heavy atom. The third kappa shape index (κ3) is 6.52. The maximum absolute atomic E-state index is 11.6. The summed E-state index contributed by atoms with van der Waals surface area (Å²) >= 11 is 1.65. The maximum atomic E-state index is 11.6. The average molecular weight is 489 g/mol. The van der Waals surface area contributed by atoms with Gasteiger partial charge in [0.15, 0.2) is 11.5 Å². The van der Waals surface area contributed by atoms with Crippen molar-refractivity contribution in [2.24, 2.45) is 10.2 Å². The summed E-state index contributed by atoms with van der Waals surface area (Å²) in [5, 5.41) is 32.8. The Bertz CT molecular complexity index is 1120. The van der Waals surface area contributed by atoms with E-state index in [0.29, 0.717) is 17.7 Å². The molecular weight excluding hydrogens is 480 g/mol. The van der Waals surface area contributed by atoms with Gasteiger partial charge >= 0.3 is 59.1 Å². The molecule has 3 aromatic rings. The second-order valence-electron chi connectivity index (χ2n) is 4.96. The van der Waals surface area contributed by atoms with E-state index in [4.69, 9.17) is 5.73 Å². The molecule has 0 radical (unpaired) electrons. The summed E-state index contributed by atoms with van der Waals surface area (Å²) in [6, 6.07) is 3.52. The van der Waals surface area contributed by atoms with E-state index in [1.54, 1.807) is 6.92 Å². The molecule has 0 amide bonds. The minimum atomic E-state index is -4.87. The zero-order valence-corrected chi connectivity index (χ0v) is 22.2. The van der Waals surface area contributed by atoms with Gasteiger partial charge in [-0.1, -0.05) is 11.3 Å². The van der Waals surface area contributed by atoms with Crippen LogP contribution >= 0.6 is 23.4 Å². The first-order valence-corrected chi connectivity index (χ1v) is 10.1. The van der Waals surface area contributed by atoms with Crippen molar-refractivity contribution in [1.82, 2.24) is 20.0 Å². The van der Waals surface area contributed by atoms with E-state index < -0.39 is 15.0 Å². The van der Waals surface area contributed by atoms with Crippen LogP contribution in [0.15, 0.2) is 43.7 Å². The van der Waals surface area contributed by atoms with E-state index in [1.165, 1.54) is 17.6 Å². The Morgan fingerprint density at radius 3 is 2.63 bits per heavy atom. The van der Waals surface area contributed by atoms with Gasteiger partial charge < -0.3 is 15.5 Å². The van der Waals surface area contributed by atoms with Crippen LogP contribution in [0.3, 0.4) is 0 Å². The molecule has 1 aromatic carbocycles.